The lowest BCUT2D eigenvalue weighted by molar-refractivity contribution is 0.0257. The molecule has 1 aliphatic heterocycles. The highest BCUT2D eigenvalue weighted by Gasteiger charge is 2.32. The van der Waals surface area contributed by atoms with Crippen molar-refractivity contribution in [3.05, 3.63) is 34.1 Å². The van der Waals surface area contributed by atoms with E-state index in [-0.39, 0.29) is 11.2 Å². The second kappa shape index (κ2) is 5.68. The van der Waals surface area contributed by atoms with E-state index in [4.69, 9.17) is 16.3 Å². The Morgan fingerprint density at radius 1 is 1.35 bits per heavy atom. The highest BCUT2D eigenvalue weighted by molar-refractivity contribution is 9.10. The van der Waals surface area contributed by atoms with Gasteiger partial charge in [-0.05, 0) is 48.4 Å². The van der Waals surface area contributed by atoms with Gasteiger partial charge in [0.25, 0.3) is 0 Å². The molecule has 1 aliphatic rings. The summed E-state index contributed by atoms with van der Waals surface area (Å²) in [6.07, 6.45) is 2.69. The van der Waals surface area contributed by atoms with E-state index in [1.807, 2.05) is 0 Å². The summed E-state index contributed by atoms with van der Waals surface area (Å²) >= 11 is 9.58. The number of halogens is 3. The van der Waals surface area contributed by atoms with Crippen molar-refractivity contribution in [3.8, 4) is 0 Å². The van der Waals surface area contributed by atoms with Crippen molar-refractivity contribution in [2.24, 2.45) is 5.41 Å². The summed E-state index contributed by atoms with van der Waals surface area (Å²) in [7, 11) is 0. The Morgan fingerprint density at radius 2 is 2.06 bits per heavy atom. The van der Waals surface area contributed by atoms with Crippen molar-refractivity contribution < 1.29 is 9.13 Å². The molecule has 1 aromatic carbocycles. The van der Waals surface area contributed by atoms with Gasteiger partial charge in [-0.2, -0.15) is 0 Å². The van der Waals surface area contributed by atoms with E-state index >= 15 is 0 Å². The van der Waals surface area contributed by atoms with Gasteiger partial charge in [-0.1, -0.05) is 15.9 Å². The molecule has 0 unspecified atom stereocenters. The number of rotatable bonds is 3. The Kier molecular flexibility index (Phi) is 4.45. The quantitative estimate of drug-likeness (QED) is 0.759. The molecule has 0 spiro atoms. The molecule has 1 heterocycles. The summed E-state index contributed by atoms with van der Waals surface area (Å²) in [5.74, 6) is 0.402. The Balaban J connectivity index is 2.20. The lowest BCUT2D eigenvalue weighted by Crippen LogP contribution is -2.33. The number of alkyl halides is 1. The van der Waals surface area contributed by atoms with Crippen LogP contribution in [0.15, 0.2) is 22.7 Å². The maximum atomic E-state index is 13.3. The topological polar surface area (TPSA) is 9.23 Å². The first kappa shape index (κ1) is 13.3. The predicted molar refractivity (Wildman–Crippen MR) is 71.0 cm³/mol. The first-order valence-corrected chi connectivity index (χ1v) is 7.06. The zero-order valence-corrected chi connectivity index (χ0v) is 11.9. The molecule has 2 rings (SSSR count). The van der Waals surface area contributed by atoms with Gasteiger partial charge < -0.3 is 4.74 Å². The first-order chi connectivity index (χ1) is 8.15. The van der Waals surface area contributed by atoms with Crippen LogP contribution in [0.5, 0.6) is 0 Å². The van der Waals surface area contributed by atoms with Crippen molar-refractivity contribution >= 4 is 27.5 Å². The molecule has 1 saturated heterocycles. The smallest absolute Gasteiger partial charge is 0.123 e. The molecule has 0 amide bonds. The van der Waals surface area contributed by atoms with Crippen LogP contribution in [0.2, 0.25) is 0 Å². The van der Waals surface area contributed by atoms with Gasteiger partial charge in [0.2, 0.25) is 0 Å². The third-order valence-electron chi connectivity index (χ3n) is 3.41. The lowest BCUT2D eigenvalue weighted by atomic mass is 9.77. The number of hydrogen-bond acceptors (Lipinski definition) is 1. The van der Waals surface area contributed by atoms with Crippen LogP contribution in [0.4, 0.5) is 4.39 Å². The third kappa shape index (κ3) is 3.21. The van der Waals surface area contributed by atoms with E-state index in [0.29, 0.717) is 5.88 Å². The zero-order chi connectivity index (χ0) is 12.3. The molecule has 0 aliphatic carbocycles. The predicted octanol–water partition coefficient (Wildman–Crippen LogP) is 4.17. The van der Waals surface area contributed by atoms with Crippen LogP contribution in [0.1, 0.15) is 18.4 Å². The molecule has 0 aromatic heterocycles. The molecule has 0 bridgehead atoms. The Morgan fingerprint density at radius 3 is 2.71 bits per heavy atom. The molecular formula is C13H15BrClFO. The second-order valence-electron chi connectivity index (χ2n) is 4.66. The number of benzene rings is 1. The second-order valence-corrected chi connectivity index (χ2v) is 5.78. The van der Waals surface area contributed by atoms with Crippen LogP contribution >= 0.6 is 27.5 Å². The zero-order valence-electron chi connectivity index (χ0n) is 9.52. The van der Waals surface area contributed by atoms with Crippen LogP contribution in [0.25, 0.3) is 0 Å². The van der Waals surface area contributed by atoms with Gasteiger partial charge in [-0.3, -0.25) is 0 Å². The van der Waals surface area contributed by atoms with Gasteiger partial charge in [0.1, 0.15) is 5.82 Å². The van der Waals surface area contributed by atoms with E-state index in [1.54, 1.807) is 12.1 Å². The molecule has 1 aromatic rings. The van der Waals surface area contributed by atoms with Gasteiger partial charge in [0.05, 0.1) is 0 Å². The first-order valence-electron chi connectivity index (χ1n) is 5.73. The van der Waals surface area contributed by atoms with Gasteiger partial charge in [-0.15, -0.1) is 11.6 Å². The van der Waals surface area contributed by atoms with Gasteiger partial charge in [0, 0.05) is 23.6 Å². The van der Waals surface area contributed by atoms with Crippen molar-refractivity contribution in [1.82, 2.24) is 0 Å². The molecule has 0 saturated carbocycles. The van der Waals surface area contributed by atoms with Crippen LogP contribution in [-0.2, 0) is 11.2 Å². The average molecular weight is 322 g/mol. The van der Waals surface area contributed by atoms with Crippen LogP contribution in [0.3, 0.4) is 0 Å². The Bertz CT molecular complexity index is 391. The SMILES string of the molecule is Fc1ccc(Br)c(CC2(CCl)CCOCC2)c1. The summed E-state index contributed by atoms with van der Waals surface area (Å²) in [6.45, 7) is 1.50. The summed E-state index contributed by atoms with van der Waals surface area (Å²) in [5, 5.41) is 0. The highest BCUT2D eigenvalue weighted by Crippen LogP contribution is 2.37. The van der Waals surface area contributed by atoms with Crippen molar-refractivity contribution in [2.75, 3.05) is 19.1 Å². The minimum atomic E-state index is -0.194. The van der Waals surface area contributed by atoms with E-state index in [1.165, 1.54) is 6.07 Å². The fourth-order valence-electron chi connectivity index (χ4n) is 2.24. The van der Waals surface area contributed by atoms with Crippen LogP contribution in [-0.4, -0.2) is 19.1 Å². The normalized spacial score (nSPS) is 19.2. The Labute approximate surface area is 114 Å². The molecule has 94 valence electrons. The maximum absolute atomic E-state index is 13.3. The molecule has 0 N–H and O–H groups in total. The van der Waals surface area contributed by atoms with E-state index in [9.17, 15) is 4.39 Å². The van der Waals surface area contributed by atoms with E-state index in [2.05, 4.69) is 15.9 Å². The molecule has 1 fully saturated rings. The monoisotopic (exact) mass is 320 g/mol. The molecule has 1 nitrogen and oxygen atoms in total. The van der Waals surface area contributed by atoms with Crippen molar-refractivity contribution in [3.63, 3.8) is 0 Å². The fourth-order valence-corrected chi connectivity index (χ4v) is 2.99. The third-order valence-corrected chi connectivity index (χ3v) is 4.75. The largest absolute Gasteiger partial charge is 0.381 e. The average Bonchev–Trinajstić information content (AvgIpc) is 2.35. The maximum Gasteiger partial charge on any atom is 0.123 e. The van der Waals surface area contributed by atoms with Gasteiger partial charge >= 0.3 is 0 Å². The molecule has 4 heteroatoms. The highest BCUT2D eigenvalue weighted by atomic mass is 79.9. The fraction of sp³-hybridized carbons (Fsp3) is 0.538. The number of hydrogen-bond donors (Lipinski definition) is 0. The Hall–Kier alpha value is -0.120. The molecule has 0 radical (unpaired) electrons. The van der Waals surface area contributed by atoms with E-state index < -0.39 is 0 Å². The molecule has 17 heavy (non-hydrogen) atoms. The van der Waals surface area contributed by atoms with Gasteiger partial charge in [0.15, 0.2) is 0 Å². The summed E-state index contributed by atoms with van der Waals surface area (Å²) < 4.78 is 19.6. The lowest BCUT2D eigenvalue weighted by Gasteiger charge is -2.35. The standard InChI is InChI=1S/C13H15BrClFO/c14-12-2-1-11(16)7-10(12)8-13(9-15)3-5-17-6-4-13/h1-2,7H,3-6,8-9H2. The number of ether oxygens (including phenoxy) is 1. The molecular weight excluding hydrogens is 306 g/mol. The van der Waals surface area contributed by atoms with Crippen LogP contribution < -0.4 is 0 Å². The summed E-state index contributed by atoms with van der Waals surface area (Å²) in [5.41, 5.74) is 1.04. The van der Waals surface area contributed by atoms with Gasteiger partial charge in [-0.25, -0.2) is 4.39 Å². The van der Waals surface area contributed by atoms with Crippen LogP contribution in [0, 0.1) is 11.2 Å². The molecule has 0 atom stereocenters. The van der Waals surface area contributed by atoms with E-state index in [0.717, 1.165) is 42.5 Å². The van der Waals surface area contributed by atoms with Crippen molar-refractivity contribution in [1.29, 1.82) is 0 Å². The van der Waals surface area contributed by atoms with Crippen molar-refractivity contribution in [2.45, 2.75) is 19.3 Å². The summed E-state index contributed by atoms with van der Waals surface area (Å²) in [4.78, 5) is 0. The summed E-state index contributed by atoms with van der Waals surface area (Å²) in [6, 6.07) is 4.81. The minimum absolute atomic E-state index is 0.0517. The minimum Gasteiger partial charge on any atom is -0.381 e.